The van der Waals surface area contributed by atoms with Crippen molar-refractivity contribution in [1.29, 1.82) is 0 Å². The number of aryl methyl sites for hydroxylation is 1. The van der Waals surface area contributed by atoms with Crippen LogP contribution in [0.1, 0.15) is 25.8 Å². The minimum atomic E-state index is -1.03. The fraction of sp³-hybridized carbons (Fsp3) is 0.385. The zero-order chi connectivity index (χ0) is 14.6. The van der Waals surface area contributed by atoms with Gasteiger partial charge in [-0.1, -0.05) is 28.0 Å². The predicted octanol–water partition coefficient (Wildman–Crippen LogP) is 2.86. The van der Waals surface area contributed by atoms with E-state index in [1.165, 1.54) is 0 Å². The van der Waals surface area contributed by atoms with Crippen molar-refractivity contribution in [1.82, 2.24) is 0 Å². The number of benzene rings is 1. The number of hydrogen-bond donors (Lipinski definition) is 3. The Balaban J connectivity index is 3.01. The number of halogens is 1. The molecule has 19 heavy (non-hydrogen) atoms. The first-order chi connectivity index (χ1) is 8.85. The Morgan fingerprint density at radius 1 is 1.58 bits per heavy atom. The van der Waals surface area contributed by atoms with Crippen molar-refractivity contribution in [2.24, 2.45) is 16.3 Å². The minimum Gasteiger partial charge on any atom is -0.409 e. The summed E-state index contributed by atoms with van der Waals surface area (Å²) >= 11 is 3.37. The molecular weight excluding hydrogens is 310 g/mol. The molecule has 0 aliphatic carbocycles. The van der Waals surface area contributed by atoms with Gasteiger partial charge in [0.1, 0.15) is 5.41 Å². The maximum atomic E-state index is 12.3. The molecule has 1 aromatic rings. The predicted molar refractivity (Wildman–Crippen MR) is 79.3 cm³/mol. The molecule has 5 nitrogen and oxygen atoms in total. The zero-order valence-electron chi connectivity index (χ0n) is 11.2. The van der Waals surface area contributed by atoms with Crippen molar-refractivity contribution in [3.05, 3.63) is 28.2 Å². The topological polar surface area (TPSA) is 87.7 Å². The van der Waals surface area contributed by atoms with Crippen LogP contribution in [0.3, 0.4) is 0 Å². The number of amides is 1. The van der Waals surface area contributed by atoms with Gasteiger partial charge in [0.2, 0.25) is 5.91 Å². The number of amidine groups is 1. The summed E-state index contributed by atoms with van der Waals surface area (Å²) in [7, 11) is 0. The standard InChI is InChI=1S/C13H18BrN3O2/c1-4-13(3,11(15)17-19)12(18)16-10-6-5-9(14)7-8(10)2/h5-7,19H,4H2,1-3H3,(H2,15,17)(H,16,18). The third kappa shape index (κ3) is 3.26. The van der Waals surface area contributed by atoms with Gasteiger partial charge in [0.25, 0.3) is 0 Å². The maximum absolute atomic E-state index is 12.3. The highest BCUT2D eigenvalue weighted by atomic mass is 79.9. The molecule has 104 valence electrons. The first kappa shape index (κ1) is 15.5. The number of nitrogens with zero attached hydrogens (tertiary/aromatic N) is 1. The fourth-order valence-electron chi connectivity index (χ4n) is 1.60. The van der Waals surface area contributed by atoms with E-state index in [2.05, 4.69) is 26.4 Å². The van der Waals surface area contributed by atoms with Crippen LogP contribution in [-0.4, -0.2) is 17.0 Å². The summed E-state index contributed by atoms with van der Waals surface area (Å²) in [5.41, 5.74) is 6.22. The molecule has 0 aliphatic heterocycles. The highest BCUT2D eigenvalue weighted by Gasteiger charge is 2.36. The number of rotatable bonds is 4. The number of anilines is 1. The van der Waals surface area contributed by atoms with Crippen LogP contribution in [0.15, 0.2) is 27.8 Å². The van der Waals surface area contributed by atoms with E-state index < -0.39 is 5.41 Å². The molecule has 6 heteroatoms. The molecule has 0 fully saturated rings. The van der Waals surface area contributed by atoms with Crippen molar-refractivity contribution < 1.29 is 10.0 Å². The second-order valence-corrected chi connectivity index (χ2v) is 5.50. The van der Waals surface area contributed by atoms with E-state index >= 15 is 0 Å². The molecule has 1 unspecified atom stereocenters. The van der Waals surface area contributed by atoms with E-state index in [0.29, 0.717) is 12.1 Å². The SMILES string of the molecule is CCC(C)(C(=O)Nc1ccc(Br)cc1C)/C(N)=N/O. The van der Waals surface area contributed by atoms with Crippen molar-refractivity contribution in [3.63, 3.8) is 0 Å². The highest BCUT2D eigenvalue weighted by Crippen LogP contribution is 2.26. The molecule has 0 aromatic heterocycles. The van der Waals surface area contributed by atoms with E-state index in [0.717, 1.165) is 10.0 Å². The third-order valence-electron chi connectivity index (χ3n) is 3.32. The van der Waals surface area contributed by atoms with Gasteiger partial charge in [0, 0.05) is 10.2 Å². The van der Waals surface area contributed by atoms with Crippen LogP contribution < -0.4 is 11.1 Å². The number of nitrogens with two attached hydrogens (primary N) is 1. The summed E-state index contributed by atoms with van der Waals surface area (Å²) in [6.07, 6.45) is 0.435. The van der Waals surface area contributed by atoms with Crippen LogP contribution in [0.2, 0.25) is 0 Å². The second-order valence-electron chi connectivity index (χ2n) is 4.58. The van der Waals surface area contributed by atoms with Crippen molar-refractivity contribution in [3.8, 4) is 0 Å². The van der Waals surface area contributed by atoms with Crippen LogP contribution in [0, 0.1) is 12.3 Å². The van der Waals surface area contributed by atoms with Gasteiger partial charge in [-0.15, -0.1) is 0 Å². The van der Waals surface area contributed by atoms with Gasteiger partial charge in [0.15, 0.2) is 5.84 Å². The Morgan fingerprint density at radius 2 is 2.21 bits per heavy atom. The summed E-state index contributed by atoms with van der Waals surface area (Å²) < 4.78 is 0.942. The molecule has 0 aliphatic rings. The lowest BCUT2D eigenvalue weighted by molar-refractivity contribution is -0.121. The van der Waals surface area contributed by atoms with Crippen molar-refractivity contribution in [2.75, 3.05) is 5.32 Å². The average Bonchev–Trinajstić information content (AvgIpc) is 2.39. The molecule has 4 N–H and O–H groups in total. The zero-order valence-corrected chi connectivity index (χ0v) is 12.8. The molecule has 0 heterocycles. The van der Waals surface area contributed by atoms with Crippen LogP contribution in [0.4, 0.5) is 5.69 Å². The third-order valence-corrected chi connectivity index (χ3v) is 3.81. The molecule has 1 aromatic carbocycles. The summed E-state index contributed by atoms with van der Waals surface area (Å²) in [4.78, 5) is 12.3. The Hall–Kier alpha value is -1.56. The molecule has 0 saturated heterocycles. The first-order valence-corrected chi connectivity index (χ1v) is 6.70. The quantitative estimate of drug-likeness (QED) is 0.344. The van der Waals surface area contributed by atoms with E-state index in [1.54, 1.807) is 13.0 Å². The minimum absolute atomic E-state index is 0.0951. The molecule has 1 rings (SSSR count). The Kier molecular flexibility index (Phi) is 4.94. The monoisotopic (exact) mass is 327 g/mol. The second kappa shape index (κ2) is 6.06. The normalized spacial score (nSPS) is 14.8. The summed E-state index contributed by atoms with van der Waals surface area (Å²) in [5, 5.41) is 14.6. The van der Waals surface area contributed by atoms with Crippen LogP contribution in [-0.2, 0) is 4.79 Å². The number of hydrogen-bond acceptors (Lipinski definition) is 3. The highest BCUT2D eigenvalue weighted by molar-refractivity contribution is 9.10. The number of carbonyl (C=O) groups excluding carboxylic acids is 1. The molecule has 0 spiro atoms. The van der Waals surface area contributed by atoms with Gasteiger partial charge in [-0.05, 0) is 44.0 Å². The Bertz CT molecular complexity index is 517. The summed E-state index contributed by atoms with van der Waals surface area (Å²) in [5.74, 6) is -0.391. The first-order valence-electron chi connectivity index (χ1n) is 5.90. The molecular formula is C13H18BrN3O2. The number of nitrogens with one attached hydrogen (secondary N) is 1. The molecule has 0 radical (unpaired) electrons. The molecule has 1 atom stereocenters. The Labute approximate surface area is 121 Å². The molecule has 0 saturated carbocycles. The van der Waals surface area contributed by atoms with Crippen molar-refractivity contribution >= 4 is 33.4 Å². The maximum Gasteiger partial charge on any atom is 0.238 e. The van der Waals surface area contributed by atoms with Gasteiger partial charge in [-0.25, -0.2) is 0 Å². The van der Waals surface area contributed by atoms with Gasteiger partial charge in [-0.2, -0.15) is 0 Å². The summed E-state index contributed by atoms with van der Waals surface area (Å²) in [6, 6.07) is 5.55. The fourth-order valence-corrected chi connectivity index (χ4v) is 2.07. The van der Waals surface area contributed by atoms with E-state index in [1.807, 2.05) is 26.0 Å². The number of oxime groups is 1. The Morgan fingerprint density at radius 3 is 2.68 bits per heavy atom. The van der Waals surface area contributed by atoms with Gasteiger partial charge in [0.05, 0.1) is 0 Å². The number of carbonyl (C=O) groups is 1. The van der Waals surface area contributed by atoms with E-state index in [9.17, 15) is 4.79 Å². The van der Waals surface area contributed by atoms with Gasteiger partial charge >= 0.3 is 0 Å². The molecule has 1 amide bonds. The molecule has 0 bridgehead atoms. The van der Waals surface area contributed by atoms with E-state index in [-0.39, 0.29) is 11.7 Å². The van der Waals surface area contributed by atoms with Gasteiger partial charge < -0.3 is 16.3 Å². The van der Waals surface area contributed by atoms with Crippen molar-refractivity contribution in [2.45, 2.75) is 27.2 Å². The van der Waals surface area contributed by atoms with Crippen LogP contribution in [0.25, 0.3) is 0 Å². The largest absolute Gasteiger partial charge is 0.409 e. The lowest BCUT2D eigenvalue weighted by atomic mass is 9.85. The lowest BCUT2D eigenvalue weighted by Crippen LogP contribution is -2.44. The van der Waals surface area contributed by atoms with Gasteiger partial charge in [-0.3, -0.25) is 4.79 Å². The smallest absolute Gasteiger partial charge is 0.238 e. The summed E-state index contributed by atoms with van der Waals surface area (Å²) in [6.45, 7) is 5.35. The van der Waals surface area contributed by atoms with E-state index in [4.69, 9.17) is 10.9 Å². The average molecular weight is 328 g/mol. The van der Waals surface area contributed by atoms with Crippen LogP contribution in [0.5, 0.6) is 0 Å². The van der Waals surface area contributed by atoms with Crippen LogP contribution >= 0.6 is 15.9 Å². The lowest BCUT2D eigenvalue weighted by Gasteiger charge is -2.25.